The van der Waals surface area contributed by atoms with Gasteiger partial charge < -0.3 is 38.3 Å². The number of hydrogen-bond donors (Lipinski definition) is 1. The first kappa shape index (κ1) is 25.3. The van der Waals surface area contributed by atoms with Crippen LogP contribution in [0.1, 0.15) is 44.9 Å². The summed E-state index contributed by atoms with van der Waals surface area (Å²) in [7, 11) is 4.64. The first-order chi connectivity index (χ1) is 17.6. The number of methoxy groups -OCH3 is 3. The molecule has 0 amide bonds. The third kappa shape index (κ3) is 3.82. The molecule has 2 aromatic rings. The predicted molar refractivity (Wildman–Crippen MR) is 134 cm³/mol. The van der Waals surface area contributed by atoms with Gasteiger partial charge >= 0.3 is 5.97 Å². The maximum absolute atomic E-state index is 13.5. The molecule has 0 saturated heterocycles. The average Bonchev–Trinajstić information content (AvgIpc) is 3.35. The summed E-state index contributed by atoms with van der Waals surface area (Å²) in [5.41, 5.74) is 1.27. The van der Waals surface area contributed by atoms with Gasteiger partial charge in [-0.15, -0.1) is 0 Å². The molecule has 5 atom stereocenters. The fourth-order valence-corrected chi connectivity index (χ4v) is 5.38. The molecule has 2 heterocycles. The van der Waals surface area contributed by atoms with Gasteiger partial charge in [-0.1, -0.05) is 20.8 Å². The molecule has 3 aliphatic rings. The number of rotatable bonds is 3. The molecule has 9 heteroatoms. The molecule has 2 bridgehead atoms. The van der Waals surface area contributed by atoms with Gasteiger partial charge in [0, 0.05) is 28.5 Å². The van der Waals surface area contributed by atoms with Crippen LogP contribution in [-0.2, 0) is 16.0 Å². The van der Waals surface area contributed by atoms with Crippen LogP contribution in [0.4, 0.5) is 0 Å². The second-order valence-electron chi connectivity index (χ2n) is 10.3. The van der Waals surface area contributed by atoms with Gasteiger partial charge in [0.2, 0.25) is 18.3 Å². The molecule has 0 aromatic heterocycles. The standard InChI is InChI=1S/C28H34O9/c1-13-8-16-9-19-24(36-12-35-19)26-20(16)21-17(10-18(31-5)23(32-6)25(21)33-7)22(15(13)3)37-27(29)28(4,30)14(2)11-34-26/h9-10,13-15,22,30H,8,11-12H2,1-7H3/t13-,14-,15+,22-,28-/m1/s1. The molecule has 2 aromatic carbocycles. The smallest absolute Gasteiger partial charge is 0.338 e. The first-order valence-electron chi connectivity index (χ1n) is 12.5. The number of fused-ring (bicyclic) bond motifs is 2. The number of aliphatic hydroxyl groups is 1. The first-order valence-corrected chi connectivity index (χ1v) is 12.5. The van der Waals surface area contributed by atoms with E-state index in [2.05, 4.69) is 6.92 Å². The Balaban J connectivity index is 1.95. The van der Waals surface area contributed by atoms with E-state index in [4.69, 9.17) is 33.2 Å². The Morgan fingerprint density at radius 1 is 0.946 bits per heavy atom. The molecule has 0 fully saturated rings. The quantitative estimate of drug-likeness (QED) is 0.601. The normalized spacial score (nSPS) is 28.2. The number of carbonyl (C=O) groups is 1. The molecule has 0 unspecified atom stereocenters. The topological polar surface area (TPSA) is 102 Å². The molecule has 37 heavy (non-hydrogen) atoms. The summed E-state index contributed by atoms with van der Waals surface area (Å²) in [6.07, 6.45) is -0.0603. The van der Waals surface area contributed by atoms with Crippen LogP contribution >= 0.6 is 0 Å². The summed E-state index contributed by atoms with van der Waals surface area (Å²) < 4.78 is 41.6. The minimum absolute atomic E-state index is 0.0368. The molecule has 0 saturated carbocycles. The van der Waals surface area contributed by atoms with Crippen molar-refractivity contribution in [2.75, 3.05) is 34.7 Å². The molecule has 5 rings (SSSR count). The maximum atomic E-state index is 13.5. The molecular weight excluding hydrogens is 480 g/mol. The van der Waals surface area contributed by atoms with Crippen LogP contribution in [-0.4, -0.2) is 51.4 Å². The maximum Gasteiger partial charge on any atom is 0.338 e. The summed E-state index contributed by atoms with van der Waals surface area (Å²) in [5.74, 6) is 1.43. The molecule has 0 spiro atoms. The van der Waals surface area contributed by atoms with Gasteiger partial charge in [-0.2, -0.15) is 0 Å². The zero-order chi connectivity index (χ0) is 26.6. The molecule has 0 radical (unpaired) electrons. The Hall–Kier alpha value is -3.33. The van der Waals surface area contributed by atoms with Gasteiger partial charge in [0.25, 0.3) is 0 Å². The van der Waals surface area contributed by atoms with E-state index in [0.717, 1.165) is 11.1 Å². The van der Waals surface area contributed by atoms with Crippen LogP contribution in [0.2, 0.25) is 0 Å². The Labute approximate surface area is 216 Å². The SMILES string of the molecule is COc1cc2c(c(OC)c1OC)-c1c3cc4c(c1OC[C@@H](C)[C@@](C)(O)C(=O)O[C@@H]2[C@@H](C)[C@H](C)C3)OCO4. The fourth-order valence-electron chi connectivity index (χ4n) is 5.38. The van der Waals surface area contributed by atoms with Crippen LogP contribution in [0.25, 0.3) is 11.1 Å². The molecule has 1 aliphatic carbocycles. The van der Waals surface area contributed by atoms with Gasteiger partial charge in [-0.3, -0.25) is 0 Å². The lowest BCUT2D eigenvalue weighted by Gasteiger charge is -2.36. The Morgan fingerprint density at radius 2 is 1.68 bits per heavy atom. The highest BCUT2D eigenvalue weighted by Crippen LogP contribution is 2.59. The van der Waals surface area contributed by atoms with Crippen LogP contribution in [0.5, 0.6) is 34.5 Å². The van der Waals surface area contributed by atoms with E-state index in [-0.39, 0.29) is 25.2 Å². The van der Waals surface area contributed by atoms with Crippen molar-refractivity contribution in [3.8, 4) is 45.6 Å². The van der Waals surface area contributed by atoms with E-state index >= 15 is 0 Å². The van der Waals surface area contributed by atoms with Crippen LogP contribution in [0.3, 0.4) is 0 Å². The number of ether oxygens (including phenoxy) is 7. The lowest BCUT2D eigenvalue weighted by atomic mass is 9.75. The second-order valence-corrected chi connectivity index (χ2v) is 10.3. The van der Waals surface area contributed by atoms with Crippen molar-refractivity contribution >= 4 is 5.97 Å². The number of benzene rings is 2. The molecular formula is C28H34O9. The zero-order valence-corrected chi connectivity index (χ0v) is 22.3. The number of hydrogen-bond acceptors (Lipinski definition) is 9. The highest BCUT2D eigenvalue weighted by Gasteiger charge is 2.45. The van der Waals surface area contributed by atoms with E-state index in [0.29, 0.717) is 52.0 Å². The Morgan fingerprint density at radius 3 is 2.35 bits per heavy atom. The summed E-state index contributed by atoms with van der Waals surface area (Å²) in [6, 6.07) is 3.80. The third-order valence-electron chi connectivity index (χ3n) is 8.12. The van der Waals surface area contributed by atoms with Gasteiger partial charge in [0.1, 0.15) is 6.10 Å². The van der Waals surface area contributed by atoms with Crippen LogP contribution in [0, 0.1) is 17.8 Å². The highest BCUT2D eigenvalue weighted by atomic mass is 16.7. The van der Waals surface area contributed by atoms with Gasteiger partial charge in [-0.25, -0.2) is 4.79 Å². The summed E-state index contributed by atoms with van der Waals surface area (Å²) in [5, 5.41) is 11.3. The lowest BCUT2D eigenvalue weighted by molar-refractivity contribution is -0.179. The van der Waals surface area contributed by atoms with E-state index in [1.807, 2.05) is 19.1 Å². The van der Waals surface area contributed by atoms with Crippen LogP contribution < -0.4 is 28.4 Å². The van der Waals surface area contributed by atoms with E-state index < -0.39 is 23.6 Å². The van der Waals surface area contributed by atoms with E-state index in [9.17, 15) is 9.90 Å². The van der Waals surface area contributed by atoms with Crippen molar-refractivity contribution in [2.24, 2.45) is 17.8 Å². The minimum Gasteiger partial charge on any atom is -0.493 e. The molecule has 1 N–H and O–H groups in total. The summed E-state index contributed by atoms with van der Waals surface area (Å²) in [6.45, 7) is 7.47. The van der Waals surface area contributed by atoms with Gasteiger partial charge in [0.15, 0.2) is 28.6 Å². The molecule has 9 nitrogen and oxygen atoms in total. The van der Waals surface area contributed by atoms with Crippen molar-refractivity contribution in [1.29, 1.82) is 0 Å². The summed E-state index contributed by atoms with van der Waals surface area (Å²) in [4.78, 5) is 13.5. The van der Waals surface area contributed by atoms with E-state index in [1.54, 1.807) is 28.3 Å². The van der Waals surface area contributed by atoms with Crippen molar-refractivity contribution in [3.63, 3.8) is 0 Å². The van der Waals surface area contributed by atoms with Crippen molar-refractivity contribution in [1.82, 2.24) is 0 Å². The average molecular weight is 515 g/mol. The van der Waals surface area contributed by atoms with Crippen LogP contribution in [0.15, 0.2) is 12.1 Å². The zero-order valence-electron chi connectivity index (χ0n) is 22.3. The largest absolute Gasteiger partial charge is 0.493 e. The second kappa shape index (κ2) is 9.20. The minimum atomic E-state index is -1.79. The fraction of sp³-hybridized carbons (Fsp3) is 0.536. The monoisotopic (exact) mass is 514 g/mol. The third-order valence-corrected chi connectivity index (χ3v) is 8.12. The predicted octanol–water partition coefficient (Wildman–Crippen LogP) is 4.30. The van der Waals surface area contributed by atoms with E-state index in [1.165, 1.54) is 6.92 Å². The number of carbonyl (C=O) groups excluding carboxylic acids is 1. The van der Waals surface area contributed by atoms with Crippen molar-refractivity contribution in [3.05, 3.63) is 23.3 Å². The highest BCUT2D eigenvalue weighted by molar-refractivity contribution is 5.89. The Bertz CT molecular complexity index is 1240. The van der Waals surface area contributed by atoms with Crippen molar-refractivity contribution in [2.45, 2.75) is 45.8 Å². The Kier molecular flexibility index (Phi) is 6.30. The van der Waals surface area contributed by atoms with Gasteiger partial charge in [-0.05, 0) is 37.0 Å². The molecule has 200 valence electrons. The van der Waals surface area contributed by atoms with Crippen molar-refractivity contribution < 1.29 is 43.1 Å². The number of esters is 1. The van der Waals surface area contributed by atoms with Gasteiger partial charge in [0.05, 0.1) is 27.9 Å². The lowest BCUT2D eigenvalue weighted by Crippen LogP contribution is -2.46. The molecule has 2 aliphatic heterocycles. The summed E-state index contributed by atoms with van der Waals surface area (Å²) >= 11 is 0.